The zero-order valence-electron chi connectivity index (χ0n) is 10.7. The number of aromatic nitrogens is 2. The Balaban J connectivity index is 1.98. The number of benzene rings is 1. The lowest BCUT2D eigenvalue weighted by Gasteiger charge is -1.95. The first-order valence-electron chi connectivity index (χ1n) is 5.93. The third kappa shape index (κ3) is 2.31. The van der Waals surface area contributed by atoms with Crippen LogP contribution in [0.25, 0.3) is 11.4 Å². The molecule has 0 spiro atoms. The van der Waals surface area contributed by atoms with Crippen LogP contribution >= 0.6 is 0 Å². The molecule has 2 heterocycles. The lowest BCUT2D eigenvalue weighted by molar-refractivity contribution is 0.212. The number of nitrogens with zero attached hydrogens (tertiary/aromatic N) is 3. The Morgan fingerprint density at radius 3 is 2.70 bits per heavy atom. The fourth-order valence-electron chi connectivity index (χ4n) is 1.72. The maximum atomic E-state index is 5.28. The molecule has 0 aliphatic carbocycles. The van der Waals surface area contributed by atoms with Crippen molar-refractivity contribution in [2.24, 2.45) is 5.16 Å². The van der Waals surface area contributed by atoms with E-state index in [0.29, 0.717) is 17.3 Å². The van der Waals surface area contributed by atoms with Gasteiger partial charge in [-0.2, -0.15) is 4.98 Å². The molecule has 0 amide bonds. The second-order valence-corrected chi connectivity index (χ2v) is 3.89. The van der Waals surface area contributed by atoms with E-state index in [1.807, 2.05) is 30.3 Å². The molecular formula is C14H11N3O3. The van der Waals surface area contributed by atoms with Crippen LogP contribution in [0.15, 0.2) is 62.8 Å². The molecule has 0 bridgehead atoms. The molecule has 3 aromatic rings. The molecule has 3 rings (SSSR count). The van der Waals surface area contributed by atoms with E-state index in [1.54, 1.807) is 12.1 Å². The summed E-state index contributed by atoms with van der Waals surface area (Å²) in [5.74, 6) is 1.21. The first kappa shape index (κ1) is 12.2. The van der Waals surface area contributed by atoms with Crippen molar-refractivity contribution in [2.75, 3.05) is 7.11 Å². The first-order chi connectivity index (χ1) is 9.88. The van der Waals surface area contributed by atoms with Gasteiger partial charge in [0.1, 0.15) is 7.11 Å². The summed E-state index contributed by atoms with van der Waals surface area (Å²) in [6.45, 7) is 0. The van der Waals surface area contributed by atoms with Gasteiger partial charge < -0.3 is 13.8 Å². The smallest absolute Gasteiger partial charge is 0.284 e. The minimum Gasteiger partial charge on any atom is -0.462 e. The van der Waals surface area contributed by atoms with Crippen molar-refractivity contribution in [1.82, 2.24) is 10.1 Å². The van der Waals surface area contributed by atoms with Crippen molar-refractivity contribution in [1.29, 1.82) is 0 Å². The van der Waals surface area contributed by atoms with E-state index in [9.17, 15) is 0 Å². The van der Waals surface area contributed by atoms with Gasteiger partial charge in [-0.05, 0) is 12.1 Å². The van der Waals surface area contributed by atoms with Gasteiger partial charge in [-0.15, -0.1) is 0 Å². The summed E-state index contributed by atoms with van der Waals surface area (Å²) in [5.41, 5.74) is 1.21. The van der Waals surface area contributed by atoms with Gasteiger partial charge in [-0.3, -0.25) is 0 Å². The van der Waals surface area contributed by atoms with Crippen LogP contribution in [0.1, 0.15) is 11.7 Å². The van der Waals surface area contributed by atoms with E-state index in [4.69, 9.17) is 13.8 Å². The SMILES string of the molecule is CO/N=C(/c1ccco1)c1nc(-c2ccccc2)no1. The molecule has 0 saturated heterocycles. The molecule has 0 fully saturated rings. The molecule has 2 aromatic heterocycles. The molecule has 1 aromatic carbocycles. The second kappa shape index (κ2) is 5.40. The van der Waals surface area contributed by atoms with Crippen molar-refractivity contribution < 1.29 is 13.8 Å². The Morgan fingerprint density at radius 1 is 1.15 bits per heavy atom. The van der Waals surface area contributed by atoms with Crippen LogP contribution in [-0.2, 0) is 4.84 Å². The van der Waals surface area contributed by atoms with Gasteiger partial charge in [0.15, 0.2) is 5.76 Å². The molecule has 0 saturated carbocycles. The van der Waals surface area contributed by atoms with E-state index in [1.165, 1.54) is 13.4 Å². The average Bonchev–Trinajstić information content (AvgIpc) is 3.17. The Bertz CT molecular complexity index is 702. The topological polar surface area (TPSA) is 73.7 Å². The maximum absolute atomic E-state index is 5.28. The highest BCUT2D eigenvalue weighted by Gasteiger charge is 2.19. The molecule has 0 unspecified atom stereocenters. The zero-order valence-corrected chi connectivity index (χ0v) is 10.7. The van der Waals surface area contributed by atoms with Crippen LogP contribution in [0.5, 0.6) is 0 Å². The minimum absolute atomic E-state index is 0.237. The zero-order chi connectivity index (χ0) is 13.8. The largest absolute Gasteiger partial charge is 0.462 e. The summed E-state index contributed by atoms with van der Waals surface area (Å²) in [5, 5.41) is 7.81. The lowest BCUT2D eigenvalue weighted by Crippen LogP contribution is -2.03. The van der Waals surface area contributed by atoms with Gasteiger partial charge in [0.25, 0.3) is 5.89 Å². The predicted molar refractivity (Wildman–Crippen MR) is 71.1 cm³/mol. The molecule has 6 heteroatoms. The predicted octanol–water partition coefficient (Wildman–Crippen LogP) is 2.73. The summed E-state index contributed by atoms with van der Waals surface area (Å²) in [4.78, 5) is 9.10. The molecule has 0 atom stereocenters. The number of hydrogen-bond donors (Lipinski definition) is 0. The van der Waals surface area contributed by atoms with Gasteiger partial charge in [0.2, 0.25) is 11.5 Å². The van der Waals surface area contributed by atoms with Crippen molar-refractivity contribution in [3.05, 3.63) is 60.4 Å². The average molecular weight is 269 g/mol. The summed E-state index contributed by atoms with van der Waals surface area (Å²) < 4.78 is 10.5. The normalized spacial score (nSPS) is 11.6. The van der Waals surface area contributed by atoms with E-state index >= 15 is 0 Å². The van der Waals surface area contributed by atoms with Crippen molar-refractivity contribution >= 4 is 5.71 Å². The molecule has 100 valence electrons. The Labute approximate surface area is 114 Å². The highest BCUT2D eigenvalue weighted by atomic mass is 16.6. The van der Waals surface area contributed by atoms with Crippen LogP contribution in [0, 0.1) is 0 Å². The maximum Gasteiger partial charge on any atom is 0.284 e. The lowest BCUT2D eigenvalue weighted by atomic mass is 10.2. The molecule has 20 heavy (non-hydrogen) atoms. The standard InChI is InChI=1S/C14H11N3O3/c1-18-16-12(11-8-5-9-19-11)14-15-13(17-20-14)10-6-3-2-4-7-10/h2-9H,1H3/b16-12-. The Kier molecular flexibility index (Phi) is 3.28. The van der Waals surface area contributed by atoms with Crippen LogP contribution in [0.4, 0.5) is 0 Å². The van der Waals surface area contributed by atoms with Crippen molar-refractivity contribution in [3.8, 4) is 11.4 Å². The Hall–Kier alpha value is -2.89. The van der Waals surface area contributed by atoms with Gasteiger partial charge in [-0.25, -0.2) is 0 Å². The summed E-state index contributed by atoms with van der Waals surface area (Å²) >= 11 is 0. The van der Waals surface area contributed by atoms with E-state index in [0.717, 1.165) is 5.56 Å². The van der Waals surface area contributed by atoms with Crippen LogP contribution in [0.2, 0.25) is 0 Å². The van der Waals surface area contributed by atoms with Gasteiger partial charge in [0, 0.05) is 5.56 Å². The number of rotatable bonds is 4. The fourth-order valence-corrected chi connectivity index (χ4v) is 1.72. The van der Waals surface area contributed by atoms with Gasteiger partial charge in [-0.1, -0.05) is 40.6 Å². The molecular weight excluding hydrogens is 258 g/mol. The first-order valence-corrected chi connectivity index (χ1v) is 5.93. The third-order valence-electron chi connectivity index (χ3n) is 2.60. The number of oxime groups is 1. The molecule has 6 nitrogen and oxygen atoms in total. The Morgan fingerprint density at radius 2 is 2.00 bits per heavy atom. The van der Waals surface area contributed by atoms with Crippen LogP contribution < -0.4 is 0 Å². The quantitative estimate of drug-likeness (QED) is 0.537. The highest BCUT2D eigenvalue weighted by Crippen LogP contribution is 2.17. The van der Waals surface area contributed by atoms with E-state index in [2.05, 4.69) is 15.3 Å². The molecule has 0 radical (unpaired) electrons. The molecule has 0 aliphatic rings. The summed E-state index contributed by atoms with van der Waals surface area (Å²) in [6.07, 6.45) is 1.54. The molecule has 0 N–H and O–H groups in total. The van der Waals surface area contributed by atoms with Crippen molar-refractivity contribution in [3.63, 3.8) is 0 Å². The number of furan rings is 1. The highest BCUT2D eigenvalue weighted by molar-refractivity contribution is 6.07. The van der Waals surface area contributed by atoms with Crippen LogP contribution in [0.3, 0.4) is 0 Å². The van der Waals surface area contributed by atoms with E-state index in [-0.39, 0.29) is 5.89 Å². The monoisotopic (exact) mass is 269 g/mol. The fraction of sp³-hybridized carbons (Fsp3) is 0.0714. The van der Waals surface area contributed by atoms with Crippen molar-refractivity contribution in [2.45, 2.75) is 0 Å². The molecule has 0 aliphatic heterocycles. The van der Waals surface area contributed by atoms with Gasteiger partial charge in [0.05, 0.1) is 6.26 Å². The summed E-state index contributed by atoms with van der Waals surface area (Å²) in [6, 6.07) is 13.0. The van der Waals surface area contributed by atoms with Gasteiger partial charge >= 0.3 is 0 Å². The second-order valence-electron chi connectivity index (χ2n) is 3.89. The number of hydrogen-bond acceptors (Lipinski definition) is 6. The minimum atomic E-state index is 0.237. The van der Waals surface area contributed by atoms with Crippen LogP contribution in [-0.4, -0.2) is 23.0 Å². The van der Waals surface area contributed by atoms with E-state index < -0.39 is 0 Å². The third-order valence-corrected chi connectivity index (χ3v) is 2.60. The summed E-state index contributed by atoms with van der Waals surface area (Å²) in [7, 11) is 1.44.